The molecule has 0 radical (unpaired) electrons. The van der Waals surface area contributed by atoms with Crippen molar-refractivity contribution in [1.29, 1.82) is 0 Å². The number of aliphatic hydroxyl groups is 1. The number of benzene rings is 2. The summed E-state index contributed by atoms with van der Waals surface area (Å²) in [6, 6.07) is 2.88. The molecule has 2 aromatic carbocycles. The number of carbonyl (C=O) groups is 18. The molecule has 8 atom stereocenters. The summed E-state index contributed by atoms with van der Waals surface area (Å²) >= 11 is 0. The van der Waals surface area contributed by atoms with Crippen LogP contribution in [0.2, 0.25) is 0 Å². The van der Waals surface area contributed by atoms with E-state index in [1.807, 2.05) is 56.3 Å². The average molecular weight is 1630 g/mol. The molecule has 0 aliphatic rings. The normalized spacial score (nSPS) is 14.2. The van der Waals surface area contributed by atoms with Crippen molar-refractivity contribution < 1.29 is 91.4 Å². The van der Waals surface area contributed by atoms with E-state index in [1.165, 1.54) is 111 Å². The van der Waals surface area contributed by atoms with Crippen LogP contribution >= 0.6 is 0 Å². The SMILES string of the molecule is CC(=O)N[C@@H](Cc1ccc2ccccc2c1)C(=O)N[C@@H](C)C(=O)NC(C)(C)C(=O)NC(C)(C)C(=O)N[C@@H](CC(C)C)C(=O)NC(C)(C)C(=O)N[C@@H](CCC(N)=O)C(=O)NC(C)(C)C(=O)NC(C)(C)C(=O)NC(C)(C)C(=O)N[C@@H](CCC(N)=O)C(=O)N[C@@H](CC(C)C)C(=O)NC(C)(C)C(=O)N[C@@H](CCC(N)=O)C(=O)N[C@H](CO)CC(C)C. The highest BCUT2D eigenvalue weighted by molar-refractivity contribution is 6.04. The standard InChI is InChI=1S/C79H128N18O19/c1-41(2)35-49(40-98)85-60(104)50(29-32-56(80)100)87-66(110)73(9,10)93-64(108)53(36-42(3)4)86-61(105)51(30-33-57(81)101)88-68(112)75(13,14)96-72(116)79(21,22)97-71(115)78(19,20)92-63(107)52(31-34-58(82)102)89-67(111)74(11,12)94-65(109)54(37-43(5)6)90-69(113)76(15,16)95-70(114)77(17,18)91-59(103)44(7)83-62(106)55(84-45(8)99)39-46-27-28-47-25-23-24-26-48(47)38-46/h23-28,38,41-44,49-55,98H,29-37,39-40H2,1-22H3,(H2,80,100)(H2,81,101)(H2,82,102)(H,83,106)(H,84,99)(H,85,104)(H,86,105)(H,87,110)(H,88,112)(H,89,111)(H,90,113)(H,91,103)(H,92,107)(H,93,108)(H,94,109)(H,95,114)(H,96,116)(H,97,115)/t44-,49-,50-,51-,52-,53-,54-,55-/m0/s1. The zero-order valence-electron chi connectivity index (χ0n) is 71.2. The van der Waals surface area contributed by atoms with Gasteiger partial charge in [0.1, 0.15) is 81.1 Å². The Morgan fingerprint density at radius 3 is 0.991 bits per heavy atom. The number of fused-ring (bicyclic) bond motifs is 1. The van der Waals surface area contributed by atoms with Crippen LogP contribution in [-0.4, -0.2) is 205 Å². The van der Waals surface area contributed by atoms with Crippen molar-refractivity contribution in [3.05, 3.63) is 48.0 Å². The number of nitrogens with two attached hydrogens (primary N) is 3. The second-order valence-electron chi connectivity index (χ2n) is 34.5. The van der Waals surface area contributed by atoms with Gasteiger partial charge in [0.15, 0.2) is 0 Å². The van der Waals surface area contributed by atoms with Crippen molar-refractivity contribution in [2.45, 2.75) is 304 Å². The minimum absolute atomic E-state index is 0.00997. The summed E-state index contributed by atoms with van der Waals surface area (Å²) < 4.78 is 0. The Kier molecular flexibility index (Phi) is 37.7. The fourth-order valence-corrected chi connectivity index (χ4v) is 11.5. The van der Waals surface area contributed by atoms with Crippen molar-refractivity contribution in [3.8, 4) is 0 Å². The quantitative estimate of drug-likeness (QED) is 0.0358. The van der Waals surface area contributed by atoms with Crippen LogP contribution in [0.1, 0.15) is 216 Å². The molecule has 0 saturated heterocycles. The summed E-state index contributed by atoms with van der Waals surface area (Å²) in [5, 5.41) is 50.3. The molecule has 0 aromatic heterocycles. The van der Waals surface area contributed by atoms with Gasteiger partial charge in [0.05, 0.1) is 12.6 Å². The Morgan fingerprint density at radius 2 is 0.629 bits per heavy atom. The number of hydrogen-bond acceptors (Lipinski definition) is 19. The number of amides is 18. The molecule has 0 aliphatic heterocycles. The third-order valence-electron chi connectivity index (χ3n) is 18.6. The summed E-state index contributed by atoms with van der Waals surface area (Å²) in [5.41, 5.74) is 4.03. The highest BCUT2D eigenvalue weighted by Gasteiger charge is 2.45. The summed E-state index contributed by atoms with van der Waals surface area (Å²) in [6.07, 6.45) is -1.90. The predicted molar refractivity (Wildman–Crippen MR) is 431 cm³/mol. The number of rotatable bonds is 47. The molecule has 18 amide bonds. The van der Waals surface area contributed by atoms with Crippen LogP contribution in [0.15, 0.2) is 42.5 Å². The maximum atomic E-state index is 14.2. The minimum Gasteiger partial charge on any atom is -0.394 e. The fraction of sp³-hybridized carbons (Fsp3) is 0.646. The number of aliphatic hydroxyl groups excluding tert-OH is 1. The first-order valence-corrected chi connectivity index (χ1v) is 38.7. The number of nitrogens with one attached hydrogen (secondary N) is 15. The van der Waals surface area contributed by atoms with E-state index in [0.717, 1.165) is 16.3 Å². The van der Waals surface area contributed by atoms with E-state index >= 15 is 0 Å². The molecule has 0 heterocycles. The molecule has 37 nitrogen and oxygen atoms in total. The van der Waals surface area contributed by atoms with E-state index < -0.39 is 226 Å². The summed E-state index contributed by atoms with van der Waals surface area (Å²) in [4.78, 5) is 244. The Morgan fingerprint density at radius 1 is 0.328 bits per heavy atom. The highest BCUT2D eigenvalue weighted by Crippen LogP contribution is 2.21. The molecule has 0 fully saturated rings. The molecule has 22 N–H and O–H groups in total. The molecule has 116 heavy (non-hydrogen) atoms. The van der Waals surface area contributed by atoms with Crippen LogP contribution in [-0.2, 0) is 92.7 Å². The van der Waals surface area contributed by atoms with E-state index in [9.17, 15) is 91.4 Å². The van der Waals surface area contributed by atoms with Crippen molar-refractivity contribution in [2.75, 3.05) is 6.61 Å². The van der Waals surface area contributed by atoms with Crippen molar-refractivity contribution in [2.24, 2.45) is 35.0 Å². The Labute approximate surface area is 678 Å². The molecule has 2 rings (SSSR count). The molecule has 648 valence electrons. The van der Waals surface area contributed by atoms with Crippen molar-refractivity contribution in [3.63, 3.8) is 0 Å². The van der Waals surface area contributed by atoms with E-state index in [1.54, 1.807) is 27.7 Å². The van der Waals surface area contributed by atoms with Gasteiger partial charge in [-0.25, -0.2) is 0 Å². The van der Waals surface area contributed by atoms with Crippen LogP contribution in [0.4, 0.5) is 0 Å². The fourth-order valence-electron chi connectivity index (χ4n) is 11.5. The van der Waals surface area contributed by atoms with Gasteiger partial charge < -0.3 is 102 Å². The molecule has 0 saturated carbocycles. The Bertz CT molecular complexity index is 3940. The molecule has 0 aliphatic carbocycles. The van der Waals surface area contributed by atoms with E-state index in [4.69, 9.17) is 17.2 Å². The van der Waals surface area contributed by atoms with Gasteiger partial charge in [-0.05, 0) is 176 Å². The number of carbonyl (C=O) groups excluding carboxylic acids is 18. The molecular weight excluding hydrogens is 1500 g/mol. The number of primary amides is 3. The third kappa shape index (κ3) is 33.5. The maximum absolute atomic E-state index is 14.2. The van der Waals surface area contributed by atoms with E-state index in [-0.39, 0.29) is 49.9 Å². The molecule has 0 bridgehead atoms. The van der Waals surface area contributed by atoms with Gasteiger partial charge in [0.25, 0.3) is 0 Å². The zero-order chi connectivity index (χ0) is 89.3. The lowest BCUT2D eigenvalue weighted by molar-refractivity contribution is -0.141. The first-order valence-electron chi connectivity index (χ1n) is 38.7. The maximum Gasteiger partial charge on any atom is 0.246 e. The zero-order valence-corrected chi connectivity index (χ0v) is 71.2. The van der Waals surface area contributed by atoms with E-state index in [2.05, 4.69) is 79.8 Å². The van der Waals surface area contributed by atoms with Gasteiger partial charge in [-0.15, -0.1) is 0 Å². The first kappa shape index (κ1) is 101. The van der Waals surface area contributed by atoms with Crippen molar-refractivity contribution in [1.82, 2.24) is 79.8 Å². The second-order valence-corrected chi connectivity index (χ2v) is 34.5. The Balaban J connectivity index is 2.26. The predicted octanol–water partition coefficient (Wildman–Crippen LogP) is -1.51. The lowest BCUT2D eigenvalue weighted by atomic mass is 9.95. The lowest BCUT2D eigenvalue weighted by Crippen LogP contribution is -2.68. The monoisotopic (exact) mass is 1630 g/mol. The van der Waals surface area contributed by atoms with Crippen LogP contribution in [0.25, 0.3) is 10.8 Å². The van der Waals surface area contributed by atoms with Crippen LogP contribution in [0, 0.1) is 17.8 Å². The average Bonchev–Trinajstić information content (AvgIpc) is 0.827. The largest absolute Gasteiger partial charge is 0.394 e. The molecule has 37 heteroatoms. The summed E-state index contributed by atoms with van der Waals surface area (Å²) in [7, 11) is 0. The van der Waals surface area contributed by atoms with Gasteiger partial charge in [0, 0.05) is 32.6 Å². The van der Waals surface area contributed by atoms with Gasteiger partial charge in [-0.1, -0.05) is 84.0 Å². The van der Waals surface area contributed by atoms with Gasteiger partial charge in [0.2, 0.25) is 106 Å². The molecule has 2 aromatic rings. The van der Waals surface area contributed by atoms with Gasteiger partial charge in [-0.2, -0.15) is 0 Å². The van der Waals surface area contributed by atoms with Crippen LogP contribution < -0.4 is 97.0 Å². The van der Waals surface area contributed by atoms with Crippen LogP contribution in [0.3, 0.4) is 0 Å². The topological polar surface area (TPSA) is 586 Å². The summed E-state index contributed by atoms with van der Waals surface area (Å²) in [6.45, 7) is 31.0. The molecule has 0 spiro atoms. The number of hydrogen-bond donors (Lipinski definition) is 19. The highest BCUT2D eigenvalue weighted by atomic mass is 16.3. The Hall–Kier alpha value is -10.9. The van der Waals surface area contributed by atoms with Gasteiger partial charge in [-0.3, -0.25) is 86.3 Å². The molecular formula is C79H128N18O19. The minimum atomic E-state index is -1.95. The first-order chi connectivity index (χ1) is 53.1. The third-order valence-corrected chi connectivity index (χ3v) is 18.6. The summed E-state index contributed by atoms with van der Waals surface area (Å²) in [5.74, 6) is -16.1. The van der Waals surface area contributed by atoms with Gasteiger partial charge >= 0.3 is 0 Å². The smallest absolute Gasteiger partial charge is 0.246 e. The second kappa shape index (κ2) is 43.2. The molecule has 0 unspecified atom stereocenters. The van der Waals surface area contributed by atoms with Crippen molar-refractivity contribution >= 4 is 117 Å². The van der Waals surface area contributed by atoms with Crippen LogP contribution in [0.5, 0.6) is 0 Å². The van der Waals surface area contributed by atoms with E-state index in [0.29, 0.717) is 6.42 Å². The lowest BCUT2D eigenvalue weighted by Gasteiger charge is -2.36.